The summed E-state index contributed by atoms with van der Waals surface area (Å²) in [5.41, 5.74) is 6.25. The first-order chi connectivity index (χ1) is 9.13. The fraction of sp³-hybridized carbons (Fsp3) is 0.273. The first-order valence-corrected chi connectivity index (χ1v) is 6.06. The lowest BCUT2D eigenvalue weighted by Gasteiger charge is -2.03. The predicted molar refractivity (Wildman–Crippen MR) is 70.4 cm³/mol. The Hall–Kier alpha value is -1.99. The van der Waals surface area contributed by atoms with Gasteiger partial charge < -0.3 is 5.73 Å². The van der Waals surface area contributed by atoms with Crippen molar-refractivity contribution in [2.24, 2.45) is 5.73 Å². The van der Waals surface area contributed by atoms with Crippen LogP contribution in [0.2, 0.25) is 5.02 Å². The third-order valence-electron chi connectivity index (χ3n) is 2.57. The van der Waals surface area contributed by atoms with Gasteiger partial charge in [-0.15, -0.1) is 5.10 Å². The highest BCUT2D eigenvalue weighted by Crippen LogP contribution is 2.29. The molecule has 7 nitrogen and oxygen atoms in total. The van der Waals surface area contributed by atoms with Gasteiger partial charge in [0.2, 0.25) is 0 Å². The molecule has 8 heteroatoms. The second-order valence-electron chi connectivity index (χ2n) is 3.91. The third kappa shape index (κ3) is 2.88. The van der Waals surface area contributed by atoms with E-state index in [1.807, 2.05) is 0 Å². The Morgan fingerprint density at radius 3 is 2.95 bits per heavy atom. The standard InChI is InChI=1S/C11H12ClN5O2/c12-9-4-1-5-10(17(18)19)11(9)16-7-8(14-15-16)3-2-6-13/h1,4-5,7H,2-3,6,13H2. The highest BCUT2D eigenvalue weighted by atomic mass is 35.5. The van der Waals surface area contributed by atoms with E-state index in [-0.39, 0.29) is 16.4 Å². The smallest absolute Gasteiger partial charge is 0.296 e. The van der Waals surface area contributed by atoms with Crippen molar-refractivity contribution >= 4 is 17.3 Å². The van der Waals surface area contributed by atoms with Crippen molar-refractivity contribution in [1.29, 1.82) is 0 Å². The number of aryl methyl sites for hydroxylation is 1. The van der Waals surface area contributed by atoms with Gasteiger partial charge in [0.25, 0.3) is 5.69 Å². The zero-order valence-corrected chi connectivity index (χ0v) is 10.7. The molecule has 0 unspecified atom stereocenters. The number of nitro benzene ring substituents is 1. The zero-order valence-electron chi connectivity index (χ0n) is 9.99. The van der Waals surface area contributed by atoms with Gasteiger partial charge in [-0.05, 0) is 25.5 Å². The highest BCUT2D eigenvalue weighted by Gasteiger charge is 2.19. The van der Waals surface area contributed by atoms with Gasteiger partial charge in [-0.2, -0.15) is 0 Å². The van der Waals surface area contributed by atoms with Crippen molar-refractivity contribution in [3.05, 3.63) is 45.2 Å². The second-order valence-corrected chi connectivity index (χ2v) is 4.32. The minimum absolute atomic E-state index is 0.109. The van der Waals surface area contributed by atoms with Gasteiger partial charge in [0, 0.05) is 6.07 Å². The topological polar surface area (TPSA) is 99.9 Å². The number of nitro groups is 1. The summed E-state index contributed by atoms with van der Waals surface area (Å²) in [7, 11) is 0. The van der Waals surface area contributed by atoms with Crippen LogP contribution in [0, 0.1) is 10.1 Å². The number of halogens is 1. The van der Waals surface area contributed by atoms with Crippen molar-refractivity contribution in [1.82, 2.24) is 15.0 Å². The maximum absolute atomic E-state index is 11.0. The number of nitrogens with zero attached hydrogens (tertiary/aromatic N) is 4. The Kier molecular flexibility index (Phi) is 4.08. The van der Waals surface area contributed by atoms with Gasteiger partial charge in [-0.1, -0.05) is 22.9 Å². The van der Waals surface area contributed by atoms with Crippen LogP contribution < -0.4 is 5.73 Å². The Bertz CT molecular complexity index is 599. The Balaban J connectivity index is 2.41. The molecule has 0 saturated heterocycles. The SMILES string of the molecule is NCCCc1cn(-c2c(Cl)cccc2[N+](=O)[O-])nn1. The molecule has 1 aromatic carbocycles. The summed E-state index contributed by atoms with van der Waals surface area (Å²) >= 11 is 6.01. The first kappa shape index (κ1) is 13.4. The summed E-state index contributed by atoms with van der Waals surface area (Å²) < 4.78 is 1.33. The Morgan fingerprint density at radius 2 is 2.26 bits per heavy atom. The summed E-state index contributed by atoms with van der Waals surface area (Å²) in [5, 5.41) is 19.1. The summed E-state index contributed by atoms with van der Waals surface area (Å²) in [6.45, 7) is 0.555. The first-order valence-electron chi connectivity index (χ1n) is 5.68. The lowest BCUT2D eigenvalue weighted by molar-refractivity contribution is -0.384. The summed E-state index contributed by atoms with van der Waals surface area (Å²) in [4.78, 5) is 10.5. The van der Waals surface area contributed by atoms with E-state index in [2.05, 4.69) is 10.3 Å². The number of benzene rings is 1. The van der Waals surface area contributed by atoms with E-state index < -0.39 is 4.92 Å². The molecule has 0 aliphatic heterocycles. The molecule has 0 amide bonds. The van der Waals surface area contributed by atoms with Crippen LogP contribution in [0.25, 0.3) is 5.69 Å². The fourth-order valence-corrected chi connectivity index (χ4v) is 1.94. The number of hydrogen-bond acceptors (Lipinski definition) is 5. The van der Waals surface area contributed by atoms with Gasteiger partial charge in [0.1, 0.15) is 0 Å². The largest absolute Gasteiger partial charge is 0.330 e. The molecule has 19 heavy (non-hydrogen) atoms. The molecule has 100 valence electrons. The number of rotatable bonds is 5. The molecule has 1 aromatic heterocycles. The van der Waals surface area contributed by atoms with E-state index in [0.717, 1.165) is 12.1 Å². The number of para-hydroxylation sites is 1. The van der Waals surface area contributed by atoms with E-state index in [1.165, 1.54) is 16.8 Å². The third-order valence-corrected chi connectivity index (χ3v) is 2.87. The lowest BCUT2D eigenvalue weighted by Crippen LogP contribution is -2.02. The summed E-state index contributed by atoms with van der Waals surface area (Å²) in [6, 6.07) is 4.48. The van der Waals surface area contributed by atoms with Crippen LogP contribution in [0.5, 0.6) is 0 Å². The summed E-state index contributed by atoms with van der Waals surface area (Å²) in [5.74, 6) is 0. The lowest BCUT2D eigenvalue weighted by atomic mass is 10.2. The van der Waals surface area contributed by atoms with Crippen LogP contribution in [0.4, 0.5) is 5.69 Å². The van der Waals surface area contributed by atoms with Crippen LogP contribution in [0.15, 0.2) is 24.4 Å². The number of hydrogen-bond donors (Lipinski definition) is 1. The molecule has 2 rings (SSSR count). The average Bonchev–Trinajstić information content (AvgIpc) is 2.84. The average molecular weight is 282 g/mol. The zero-order chi connectivity index (χ0) is 13.8. The van der Waals surface area contributed by atoms with Gasteiger partial charge >= 0.3 is 0 Å². The van der Waals surface area contributed by atoms with Gasteiger partial charge in [-0.25, -0.2) is 4.68 Å². The van der Waals surface area contributed by atoms with Crippen LogP contribution in [0.1, 0.15) is 12.1 Å². The molecule has 0 radical (unpaired) electrons. The van der Waals surface area contributed by atoms with Crippen molar-refractivity contribution in [3.8, 4) is 5.69 Å². The van der Waals surface area contributed by atoms with Gasteiger partial charge in [0.15, 0.2) is 5.69 Å². The van der Waals surface area contributed by atoms with E-state index in [4.69, 9.17) is 17.3 Å². The molecule has 0 aliphatic carbocycles. The van der Waals surface area contributed by atoms with E-state index in [0.29, 0.717) is 13.0 Å². The Morgan fingerprint density at radius 1 is 1.47 bits per heavy atom. The van der Waals surface area contributed by atoms with Crippen LogP contribution in [-0.4, -0.2) is 26.5 Å². The minimum atomic E-state index is -0.498. The van der Waals surface area contributed by atoms with Crippen molar-refractivity contribution in [2.45, 2.75) is 12.8 Å². The van der Waals surface area contributed by atoms with E-state index in [1.54, 1.807) is 12.3 Å². The molecule has 0 saturated carbocycles. The van der Waals surface area contributed by atoms with E-state index >= 15 is 0 Å². The quantitative estimate of drug-likeness (QED) is 0.664. The molecule has 0 fully saturated rings. The molecule has 0 bridgehead atoms. The molecular formula is C11H12ClN5O2. The van der Waals surface area contributed by atoms with Crippen molar-refractivity contribution in [3.63, 3.8) is 0 Å². The maximum Gasteiger partial charge on any atom is 0.296 e. The van der Waals surface area contributed by atoms with Gasteiger partial charge in [0.05, 0.1) is 21.8 Å². The molecule has 2 aromatic rings. The van der Waals surface area contributed by atoms with E-state index in [9.17, 15) is 10.1 Å². The van der Waals surface area contributed by atoms with Crippen molar-refractivity contribution in [2.75, 3.05) is 6.54 Å². The number of nitrogens with two attached hydrogens (primary N) is 1. The second kappa shape index (κ2) is 5.77. The monoisotopic (exact) mass is 281 g/mol. The highest BCUT2D eigenvalue weighted by molar-refractivity contribution is 6.32. The fourth-order valence-electron chi connectivity index (χ4n) is 1.68. The number of aromatic nitrogens is 3. The normalized spacial score (nSPS) is 10.6. The predicted octanol–water partition coefficient (Wildman–Crippen LogP) is 1.72. The van der Waals surface area contributed by atoms with Gasteiger partial charge in [-0.3, -0.25) is 10.1 Å². The Labute approximate surface area is 114 Å². The van der Waals surface area contributed by atoms with Crippen LogP contribution in [-0.2, 0) is 6.42 Å². The molecule has 0 spiro atoms. The molecule has 2 N–H and O–H groups in total. The molecule has 1 heterocycles. The minimum Gasteiger partial charge on any atom is -0.330 e. The summed E-state index contributed by atoms with van der Waals surface area (Å²) in [6.07, 6.45) is 3.09. The molecular weight excluding hydrogens is 270 g/mol. The maximum atomic E-state index is 11.0. The van der Waals surface area contributed by atoms with Crippen molar-refractivity contribution < 1.29 is 4.92 Å². The molecule has 0 aliphatic rings. The molecule has 0 atom stereocenters. The van der Waals surface area contributed by atoms with Crippen LogP contribution in [0.3, 0.4) is 0 Å². The van der Waals surface area contributed by atoms with Crippen LogP contribution >= 0.6 is 11.6 Å².